The van der Waals surface area contributed by atoms with Gasteiger partial charge in [0.05, 0.1) is 12.3 Å². The zero-order valence-corrected chi connectivity index (χ0v) is 17.6. The second-order valence-electron chi connectivity index (χ2n) is 6.58. The molecule has 0 saturated heterocycles. The van der Waals surface area contributed by atoms with Crippen molar-refractivity contribution in [1.29, 1.82) is 0 Å². The van der Waals surface area contributed by atoms with E-state index in [2.05, 4.69) is 63.6 Å². The predicted molar refractivity (Wildman–Crippen MR) is 121 cm³/mol. The van der Waals surface area contributed by atoms with Gasteiger partial charge in [-0.1, -0.05) is 12.1 Å². The first kappa shape index (κ1) is 20.5. The summed E-state index contributed by atoms with van der Waals surface area (Å²) in [6.45, 7) is 10.8. The lowest BCUT2D eigenvalue weighted by Crippen LogP contribution is -2.21. The fourth-order valence-corrected chi connectivity index (χ4v) is 3.18. The Labute approximate surface area is 173 Å². The van der Waals surface area contributed by atoms with Gasteiger partial charge in [0.15, 0.2) is 0 Å². The summed E-state index contributed by atoms with van der Waals surface area (Å²) in [6.07, 6.45) is 0. The van der Waals surface area contributed by atoms with Crippen molar-refractivity contribution in [2.45, 2.75) is 27.7 Å². The highest BCUT2D eigenvalue weighted by molar-refractivity contribution is 5.67. The van der Waals surface area contributed by atoms with Gasteiger partial charge >= 0.3 is 0 Å². The Morgan fingerprint density at radius 1 is 0.862 bits per heavy atom. The summed E-state index contributed by atoms with van der Waals surface area (Å²) in [4.78, 5) is 11.3. The van der Waals surface area contributed by atoms with Gasteiger partial charge in [-0.15, -0.1) is 0 Å². The van der Waals surface area contributed by atoms with Crippen molar-refractivity contribution in [3.63, 3.8) is 0 Å². The average Bonchev–Trinajstić information content (AvgIpc) is 2.71. The summed E-state index contributed by atoms with van der Waals surface area (Å²) in [7, 11) is 0. The molecule has 29 heavy (non-hydrogen) atoms. The van der Waals surface area contributed by atoms with Crippen LogP contribution in [0.3, 0.4) is 0 Å². The van der Waals surface area contributed by atoms with Crippen LogP contribution in [0.25, 0.3) is 0 Å². The van der Waals surface area contributed by atoms with Crippen LogP contribution < -0.4 is 20.3 Å². The fraction of sp³-hybridized carbons (Fsp3) is 0.304. The van der Waals surface area contributed by atoms with Gasteiger partial charge in [-0.05, 0) is 64.1 Å². The first-order valence-corrected chi connectivity index (χ1v) is 10.1. The maximum absolute atomic E-state index is 5.69. The summed E-state index contributed by atoms with van der Waals surface area (Å²) in [5, 5.41) is 6.71. The summed E-state index contributed by atoms with van der Waals surface area (Å²) in [5.41, 5.74) is 3.08. The van der Waals surface area contributed by atoms with Crippen LogP contribution in [0.1, 0.15) is 26.6 Å². The monoisotopic (exact) mass is 391 g/mol. The van der Waals surface area contributed by atoms with Crippen LogP contribution in [0.4, 0.5) is 28.7 Å². The molecule has 6 nitrogen and oxygen atoms in total. The Kier molecular flexibility index (Phi) is 6.89. The van der Waals surface area contributed by atoms with E-state index in [9.17, 15) is 0 Å². The number of anilines is 5. The molecule has 0 spiro atoms. The molecule has 0 radical (unpaired) electrons. The molecular formula is C23H29N5O. The van der Waals surface area contributed by atoms with E-state index in [4.69, 9.17) is 4.74 Å². The number of benzene rings is 2. The molecule has 3 aromatic rings. The molecule has 0 bridgehead atoms. The summed E-state index contributed by atoms with van der Waals surface area (Å²) >= 11 is 0. The zero-order chi connectivity index (χ0) is 20.6. The number of aryl methyl sites for hydroxylation is 1. The molecule has 152 valence electrons. The van der Waals surface area contributed by atoms with Crippen LogP contribution in [0, 0.1) is 6.92 Å². The Morgan fingerprint density at radius 2 is 1.52 bits per heavy atom. The van der Waals surface area contributed by atoms with Gasteiger partial charge in [-0.3, -0.25) is 0 Å². The van der Waals surface area contributed by atoms with E-state index in [0.29, 0.717) is 18.2 Å². The maximum Gasteiger partial charge on any atom is 0.142 e. The number of para-hydroxylation sites is 2. The topological polar surface area (TPSA) is 62.3 Å². The molecular weight excluding hydrogens is 362 g/mol. The van der Waals surface area contributed by atoms with Gasteiger partial charge in [0, 0.05) is 30.5 Å². The Balaban J connectivity index is 1.77. The highest BCUT2D eigenvalue weighted by atomic mass is 16.5. The van der Waals surface area contributed by atoms with E-state index in [0.717, 1.165) is 36.0 Å². The van der Waals surface area contributed by atoms with Crippen molar-refractivity contribution in [3.8, 4) is 5.75 Å². The van der Waals surface area contributed by atoms with Crippen LogP contribution in [0.2, 0.25) is 0 Å². The largest absolute Gasteiger partial charge is 0.492 e. The Morgan fingerprint density at radius 3 is 2.17 bits per heavy atom. The quantitative estimate of drug-likeness (QED) is 0.501. The number of hydrogen-bond donors (Lipinski definition) is 2. The summed E-state index contributed by atoms with van der Waals surface area (Å²) in [6, 6.07) is 18.1. The third-order valence-electron chi connectivity index (χ3n) is 4.56. The van der Waals surface area contributed by atoms with E-state index >= 15 is 0 Å². The van der Waals surface area contributed by atoms with Crippen molar-refractivity contribution < 1.29 is 4.74 Å². The minimum atomic E-state index is 0.609. The van der Waals surface area contributed by atoms with Crippen molar-refractivity contribution in [3.05, 3.63) is 60.4 Å². The van der Waals surface area contributed by atoms with Crippen molar-refractivity contribution >= 4 is 28.7 Å². The van der Waals surface area contributed by atoms with Crippen molar-refractivity contribution in [1.82, 2.24) is 9.97 Å². The molecule has 0 saturated carbocycles. The van der Waals surface area contributed by atoms with Gasteiger partial charge in [-0.2, -0.15) is 0 Å². The number of nitrogens with zero attached hydrogens (tertiary/aromatic N) is 3. The lowest BCUT2D eigenvalue weighted by Gasteiger charge is -2.21. The third kappa shape index (κ3) is 5.38. The smallest absolute Gasteiger partial charge is 0.142 e. The Bertz CT molecular complexity index is 923. The minimum Gasteiger partial charge on any atom is -0.492 e. The second-order valence-corrected chi connectivity index (χ2v) is 6.58. The SMILES string of the molecule is CCOc1ccccc1Nc1cc(Nc2ccc(N(CC)CC)cc2)nc(C)n1. The first-order valence-electron chi connectivity index (χ1n) is 10.1. The first-order chi connectivity index (χ1) is 14.1. The maximum atomic E-state index is 5.69. The molecule has 6 heteroatoms. The number of rotatable bonds is 9. The summed E-state index contributed by atoms with van der Waals surface area (Å²) in [5.74, 6) is 2.94. The molecule has 0 atom stereocenters. The second kappa shape index (κ2) is 9.78. The van der Waals surface area contributed by atoms with Crippen molar-refractivity contribution in [2.75, 3.05) is 35.2 Å². The molecule has 1 aromatic heterocycles. The van der Waals surface area contributed by atoms with E-state index < -0.39 is 0 Å². The molecule has 2 N–H and O–H groups in total. The van der Waals surface area contributed by atoms with Gasteiger partial charge in [0.25, 0.3) is 0 Å². The molecule has 3 rings (SSSR count). The molecule has 0 unspecified atom stereocenters. The Hall–Kier alpha value is -3.28. The molecule has 0 aliphatic heterocycles. The van der Waals surface area contributed by atoms with Crippen LogP contribution in [-0.4, -0.2) is 29.7 Å². The molecule has 1 heterocycles. The lowest BCUT2D eigenvalue weighted by molar-refractivity contribution is 0.342. The van der Waals surface area contributed by atoms with E-state index in [1.54, 1.807) is 0 Å². The predicted octanol–water partition coefficient (Wildman–Crippen LogP) is 5.52. The summed E-state index contributed by atoms with van der Waals surface area (Å²) < 4.78 is 5.69. The number of aromatic nitrogens is 2. The van der Waals surface area contributed by atoms with Crippen LogP contribution in [-0.2, 0) is 0 Å². The molecule has 0 fully saturated rings. The van der Waals surface area contributed by atoms with Gasteiger partial charge in [0.1, 0.15) is 23.2 Å². The lowest BCUT2D eigenvalue weighted by atomic mass is 10.2. The number of ether oxygens (including phenoxy) is 1. The minimum absolute atomic E-state index is 0.609. The van der Waals surface area contributed by atoms with Gasteiger partial charge in [-0.25, -0.2) is 9.97 Å². The normalized spacial score (nSPS) is 10.5. The zero-order valence-electron chi connectivity index (χ0n) is 17.6. The van der Waals surface area contributed by atoms with E-state index in [1.807, 2.05) is 44.2 Å². The van der Waals surface area contributed by atoms with E-state index in [1.165, 1.54) is 5.69 Å². The highest BCUT2D eigenvalue weighted by Gasteiger charge is 2.07. The van der Waals surface area contributed by atoms with E-state index in [-0.39, 0.29) is 0 Å². The molecule has 2 aromatic carbocycles. The molecule has 0 amide bonds. The number of nitrogens with one attached hydrogen (secondary N) is 2. The van der Waals surface area contributed by atoms with Crippen LogP contribution >= 0.6 is 0 Å². The average molecular weight is 392 g/mol. The van der Waals surface area contributed by atoms with Crippen LogP contribution in [0.5, 0.6) is 5.75 Å². The van der Waals surface area contributed by atoms with Gasteiger partial charge in [0.2, 0.25) is 0 Å². The molecule has 0 aliphatic rings. The van der Waals surface area contributed by atoms with Gasteiger partial charge < -0.3 is 20.3 Å². The van der Waals surface area contributed by atoms with Crippen LogP contribution in [0.15, 0.2) is 54.6 Å². The standard InChI is InChI=1S/C23H29N5O/c1-5-28(6-2)19-14-12-18(13-15-19)26-22-16-23(25-17(4)24-22)27-20-10-8-9-11-21(20)29-7-3/h8-16H,5-7H2,1-4H3,(H2,24,25,26,27). The third-order valence-corrected chi connectivity index (χ3v) is 4.56. The van der Waals surface area contributed by atoms with Crippen molar-refractivity contribution in [2.24, 2.45) is 0 Å². The highest BCUT2D eigenvalue weighted by Crippen LogP contribution is 2.28. The molecule has 0 aliphatic carbocycles. The number of hydrogen-bond acceptors (Lipinski definition) is 6. The fourth-order valence-electron chi connectivity index (χ4n) is 3.18.